The number of aromatic nitrogens is 2. The number of benzene rings is 3. The average molecular weight is 420 g/mol. The Morgan fingerprint density at radius 3 is 2.57 bits per heavy atom. The molecule has 1 aromatic heterocycles. The van der Waals surface area contributed by atoms with E-state index in [1.54, 1.807) is 12.1 Å². The van der Waals surface area contributed by atoms with Crippen LogP contribution in [0, 0.1) is 19.7 Å². The quantitative estimate of drug-likeness (QED) is 0.416. The Balaban J connectivity index is 1.52. The van der Waals surface area contributed by atoms with Crippen LogP contribution in [-0.2, 0) is 11.3 Å². The molecule has 1 amide bonds. The van der Waals surface area contributed by atoms with E-state index in [-0.39, 0.29) is 17.5 Å². The number of rotatable bonds is 6. The van der Waals surface area contributed by atoms with Crippen molar-refractivity contribution in [1.82, 2.24) is 9.55 Å². The van der Waals surface area contributed by atoms with Crippen LogP contribution in [-0.4, -0.2) is 21.2 Å². The van der Waals surface area contributed by atoms with Crippen LogP contribution in [0.2, 0.25) is 0 Å². The van der Waals surface area contributed by atoms with Crippen LogP contribution in [0.1, 0.15) is 16.7 Å². The molecule has 0 bridgehead atoms. The number of hydrogen-bond acceptors (Lipinski definition) is 3. The number of para-hydroxylation sites is 2. The molecule has 1 heterocycles. The van der Waals surface area contributed by atoms with Gasteiger partial charge in [0.2, 0.25) is 5.91 Å². The first-order valence-corrected chi connectivity index (χ1v) is 10.7. The second kappa shape index (κ2) is 8.71. The largest absolute Gasteiger partial charge is 0.325 e. The van der Waals surface area contributed by atoms with Crippen LogP contribution in [0.5, 0.6) is 0 Å². The predicted octanol–water partition coefficient (Wildman–Crippen LogP) is 5.57. The van der Waals surface area contributed by atoms with Crippen LogP contribution in [0.3, 0.4) is 0 Å². The van der Waals surface area contributed by atoms with Gasteiger partial charge in [0.15, 0.2) is 5.16 Å². The van der Waals surface area contributed by atoms with Crippen molar-refractivity contribution in [3.05, 3.63) is 89.2 Å². The zero-order valence-electron chi connectivity index (χ0n) is 16.9. The SMILES string of the molecule is Cc1ccc(NC(=O)CSc2nc3ccccc3n2Cc2ccc(F)cc2)cc1C. The number of anilines is 1. The van der Waals surface area contributed by atoms with Crippen molar-refractivity contribution in [2.45, 2.75) is 25.5 Å². The minimum atomic E-state index is -0.258. The van der Waals surface area contributed by atoms with E-state index in [0.29, 0.717) is 6.54 Å². The standard InChI is InChI=1S/C24H22FN3OS/c1-16-7-12-20(13-17(16)2)26-23(29)15-30-24-27-21-5-3-4-6-22(21)28(24)14-18-8-10-19(25)11-9-18/h3-13H,14-15H2,1-2H3,(H,26,29). The number of imidazole rings is 1. The summed E-state index contributed by atoms with van der Waals surface area (Å²) >= 11 is 1.40. The van der Waals surface area contributed by atoms with Gasteiger partial charge in [0, 0.05) is 5.69 Å². The maximum Gasteiger partial charge on any atom is 0.234 e. The summed E-state index contributed by atoms with van der Waals surface area (Å²) in [5, 5.41) is 3.71. The van der Waals surface area contributed by atoms with E-state index < -0.39 is 0 Å². The smallest absolute Gasteiger partial charge is 0.234 e. The topological polar surface area (TPSA) is 46.9 Å². The lowest BCUT2D eigenvalue weighted by Gasteiger charge is -2.10. The highest BCUT2D eigenvalue weighted by molar-refractivity contribution is 7.99. The van der Waals surface area contributed by atoms with E-state index in [2.05, 4.69) is 9.88 Å². The molecule has 4 rings (SSSR count). The highest BCUT2D eigenvalue weighted by atomic mass is 32.2. The summed E-state index contributed by atoms with van der Waals surface area (Å²) in [6, 6.07) is 20.2. The van der Waals surface area contributed by atoms with Crippen LogP contribution in [0.4, 0.5) is 10.1 Å². The van der Waals surface area contributed by atoms with E-state index in [9.17, 15) is 9.18 Å². The van der Waals surface area contributed by atoms with E-state index in [0.717, 1.165) is 33.0 Å². The van der Waals surface area contributed by atoms with Gasteiger partial charge >= 0.3 is 0 Å². The number of hydrogen-bond donors (Lipinski definition) is 1. The van der Waals surface area contributed by atoms with Gasteiger partial charge in [0.05, 0.1) is 23.3 Å². The fourth-order valence-corrected chi connectivity index (χ4v) is 4.05. The summed E-state index contributed by atoms with van der Waals surface area (Å²) in [4.78, 5) is 17.2. The highest BCUT2D eigenvalue weighted by Crippen LogP contribution is 2.25. The van der Waals surface area contributed by atoms with Crippen LogP contribution in [0.15, 0.2) is 71.9 Å². The van der Waals surface area contributed by atoms with Crippen molar-refractivity contribution < 1.29 is 9.18 Å². The van der Waals surface area contributed by atoms with Crippen LogP contribution < -0.4 is 5.32 Å². The summed E-state index contributed by atoms with van der Waals surface area (Å²) < 4.78 is 15.3. The Morgan fingerprint density at radius 2 is 1.80 bits per heavy atom. The molecular formula is C24H22FN3OS. The molecule has 0 aliphatic rings. The summed E-state index contributed by atoms with van der Waals surface area (Å²) in [7, 11) is 0. The number of carbonyl (C=O) groups is 1. The minimum absolute atomic E-state index is 0.0800. The van der Waals surface area contributed by atoms with Crippen molar-refractivity contribution >= 4 is 34.4 Å². The fraction of sp³-hybridized carbons (Fsp3) is 0.167. The molecule has 1 N–H and O–H groups in total. The number of halogens is 1. The summed E-state index contributed by atoms with van der Waals surface area (Å²) in [6.45, 7) is 4.63. The monoisotopic (exact) mass is 419 g/mol. The maximum atomic E-state index is 13.3. The first-order chi connectivity index (χ1) is 14.5. The van der Waals surface area contributed by atoms with Crippen molar-refractivity contribution in [3.63, 3.8) is 0 Å². The third kappa shape index (κ3) is 4.54. The Morgan fingerprint density at radius 1 is 1.03 bits per heavy atom. The van der Waals surface area contributed by atoms with Gasteiger partial charge in [-0.3, -0.25) is 4.79 Å². The highest BCUT2D eigenvalue weighted by Gasteiger charge is 2.14. The normalized spacial score (nSPS) is 11.0. The number of carbonyl (C=O) groups excluding carboxylic acids is 1. The zero-order valence-corrected chi connectivity index (χ0v) is 17.7. The van der Waals surface area contributed by atoms with Gasteiger partial charge < -0.3 is 9.88 Å². The molecule has 0 radical (unpaired) electrons. The van der Waals surface area contributed by atoms with Gasteiger partial charge in [-0.1, -0.05) is 42.1 Å². The van der Waals surface area contributed by atoms with Gasteiger partial charge in [0.1, 0.15) is 5.82 Å². The van der Waals surface area contributed by atoms with Crippen LogP contribution in [0.25, 0.3) is 11.0 Å². The number of amides is 1. The Kier molecular flexibility index (Phi) is 5.86. The van der Waals surface area contributed by atoms with E-state index >= 15 is 0 Å². The molecule has 0 aliphatic carbocycles. The average Bonchev–Trinajstić information content (AvgIpc) is 3.08. The number of aryl methyl sites for hydroxylation is 2. The van der Waals surface area contributed by atoms with Gasteiger partial charge in [-0.15, -0.1) is 0 Å². The molecule has 0 saturated heterocycles. The second-order valence-corrected chi connectivity index (χ2v) is 8.17. The minimum Gasteiger partial charge on any atom is -0.325 e. The lowest BCUT2D eigenvalue weighted by molar-refractivity contribution is -0.113. The van der Waals surface area contributed by atoms with Crippen molar-refractivity contribution in [2.75, 3.05) is 11.1 Å². The third-order valence-corrected chi connectivity index (χ3v) is 5.97. The molecule has 0 unspecified atom stereocenters. The van der Waals surface area contributed by atoms with Gasteiger partial charge in [-0.2, -0.15) is 0 Å². The molecular weight excluding hydrogens is 397 g/mol. The number of thioether (sulfide) groups is 1. The Labute approximate surface area is 179 Å². The maximum absolute atomic E-state index is 13.3. The molecule has 0 fully saturated rings. The predicted molar refractivity (Wildman–Crippen MR) is 121 cm³/mol. The van der Waals surface area contributed by atoms with Crippen molar-refractivity contribution in [3.8, 4) is 0 Å². The van der Waals surface area contributed by atoms with Crippen molar-refractivity contribution in [1.29, 1.82) is 0 Å². The van der Waals surface area contributed by atoms with Gasteiger partial charge in [0.25, 0.3) is 0 Å². The first-order valence-electron chi connectivity index (χ1n) is 9.69. The van der Waals surface area contributed by atoms with Gasteiger partial charge in [-0.25, -0.2) is 9.37 Å². The number of nitrogens with one attached hydrogen (secondary N) is 1. The summed E-state index contributed by atoms with van der Waals surface area (Å²) in [6.07, 6.45) is 0. The fourth-order valence-electron chi connectivity index (χ4n) is 3.24. The molecule has 4 nitrogen and oxygen atoms in total. The molecule has 0 atom stereocenters. The molecule has 6 heteroatoms. The molecule has 152 valence electrons. The zero-order chi connectivity index (χ0) is 21.1. The lowest BCUT2D eigenvalue weighted by atomic mass is 10.1. The number of nitrogens with zero attached hydrogens (tertiary/aromatic N) is 2. The lowest BCUT2D eigenvalue weighted by Crippen LogP contribution is -2.15. The first kappa shape index (κ1) is 20.2. The third-order valence-electron chi connectivity index (χ3n) is 5.00. The molecule has 0 saturated carbocycles. The van der Waals surface area contributed by atoms with Gasteiger partial charge in [-0.05, 0) is 66.9 Å². The summed E-state index contributed by atoms with van der Waals surface area (Å²) in [5.41, 5.74) is 5.96. The Bertz CT molecular complexity index is 1200. The Hall–Kier alpha value is -3.12. The van der Waals surface area contributed by atoms with E-state index in [1.165, 1.54) is 29.5 Å². The second-order valence-electron chi connectivity index (χ2n) is 7.23. The number of fused-ring (bicyclic) bond motifs is 1. The van der Waals surface area contributed by atoms with Crippen LogP contribution >= 0.6 is 11.8 Å². The molecule has 30 heavy (non-hydrogen) atoms. The summed E-state index contributed by atoms with van der Waals surface area (Å²) in [5.74, 6) is -0.0878. The van der Waals surface area contributed by atoms with E-state index in [4.69, 9.17) is 4.98 Å². The van der Waals surface area contributed by atoms with E-state index in [1.807, 2.05) is 56.3 Å². The van der Waals surface area contributed by atoms with Crippen molar-refractivity contribution in [2.24, 2.45) is 0 Å². The molecule has 0 aliphatic heterocycles. The molecule has 4 aromatic rings. The molecule has 3 aromatic carbocycles. The molecule has 0 spiro atoms.